The molecule has 1 heterocycles. The zero-order chi connectivity index (χ0) is 27.8. The van der Waals surface area contributed by atoms with Gasteiger partial charge in [-0.2, -0.15) is 12.8 Å². The number of nitrogens with zero attached hydrogens (tertiary/aromatic N) is 3. The minimum absolute atomic E-state index is 0.164. The highest BCUT2D eigenvalue weighted by molar-refractivity contribution is 7.93. The van der Waals surface area contributed by atoms with Crippen molar-refractivity contribution in [1.82, 2.24) is 9.97 Å². The van der Waals surface area contributed by atoms with Gasteiger partial charge < -0.3 is 14.8 Å². The average Bonchev–Trinajstić information content (AvgIpc) is 2.91. The van der Waals surface area contributed by atoms with Crippen LogP contribution in [0.1, 0.15) is 18.1 Å². The molecule has 1 aromatic heterocycles. The maximum Gasteiger partial charge on any atom is 0.275 e. The molecule has 4 aromatic rings. The molecule has 0 saturated heterocycles. The molecule has 8 nitrogen and oxygen atoms in total. The zero-order valence-corrected chi connectivity index (χ0v) is 22.3. The van der Waals surface area contributed by atoms with Gasteiger partial charge in [0.05, 0.1) is 28.9 Å². The Morgan fingerprint density at radius 2 is 1.97 bits per heavy atom. The highest BCUT2D eigenvalue weighted by Crippen LogP contribution is 2.32. The molecule has 0 spiro atoms. The Labute approximate surface area is 230 Å². The molecular formula is C28H22ClFN4O4S. The van der Waals surface area contributed by atoms with E-state index in [0.29, 0.717) is 56.7 Å². The predicted molar refractivity (Wildman–Crippen MR) is 151 cm³/mol. The van der Waals surface area contributed by atoms with Crippen molar-refractivity contribution in [2.45, 2.75) is 13.5 Å². The number of hydrogen-bond acceptors (Lipinski definition) is 7. The van der Waals surface area contributed by atoms with Crippen molar-refractivity contribution in [3.05, 3.63) is 94.9 Å². The molecule has 0 aliphatic heterocycles. The number of rotatable bonds is 9. The van der Waals surface area contributed by atoms with Crippen LogP contribution in [0.3, 0.4) is 0 Å². The van der Waals surface area contributed by atoms with Crippen LogP contribution in [0.5, 0.6) is 11.5 Å². The number of nitrogens with one attached hydrogen (secondary N) is 1. The number of halogens is 2. The van der Waals surface area contributed by atoms with E-state index in [4.69, 9.17) is 21.1 Å². The van der Waals surface area contributed by atoms with E-state index in [2.05, 4.69) is 38.1 Å². The van der Waals surface area contributed by atoms with E-state index in [1.54, 1.807) is 42.5 Å². The number of anilines is 2. The number of benzene rings is 3. The van der Waals surface area contributed by atoms with E-state index in [-0.39, 0.29) is 12.4 Å². The maximum absolute atomic E-state index is 13.4. The van der Waals surface area contributed by atoms with Gasteiger partial charge in [-0.05, 0) is 54.8 Å². The molecule has 0 aliphatic rings. The van der Waals surface area contributed by atoms with Gasteiger partial charge in [-0.1, -0.05) is 36.2 Å². The first kappa shape index (κ1) is 27.6. The normalized spacial score (nSPS) is 11.2. The largest absolute Gasteiger partial charge is 0.492 e. The summed E-state index contributed by atoms with van der Waals surface area (Å²) in [6.07, 6.45) is 2.40. The molecule has 198 valence electrons. The van der Waals surface area contributed by atoms with Gasteiger partial charge in [0.1, 0.15) is 36.1 Å². The Morgan fingerprint density at radius 1 is 1.13 bits per heavy atom. The minimum atomic E-state index is -3.76. The molecule has 0 amide bonds. The Balaban J connectivity index is 1.60. The Kier molecular flexibility index (Phi) is 8.76. The smallest absolute Gasteiger partial charge is 0.275 e. The molecular weight excluding hydrogens is 543 g/mol. The van der Waals surface area contributed by atoms with E-state index in [1.165, 1.54) is 18.5 Å². The van der Waals surface area contributed by atoms with Crippen LogP contribution in [0.15, 0.2) is 77.3 Å². The van der Waals surface area contributed by atoms with Crippen molar-refractivity contribution < 1.29 is 22.3 Å². The van der Waals surface area contributed by atoms with E-state index >= 15 is 0 Å². The highest BCUT2D eigenvalue weighted by Gasteiger charge is 2.12. The van der Waals surface area contributed by atoms with Crippen LogP contribution in [0.25, 0.3) is 10.9 Å². The average molecular weight is 565 g/mol. The summed E-state index contributed by atoms with van der Waals surface area (Å²) >= 11 is 6.44. The number of fused-ring (bicyclic) bond motifs is 1. The first-order valence-corrected chi connectivity index (χ1v) is 13.4. The number of hydrogen-bond donors (Lipinski definition) is 1. The van der Waals surface area contributed by atoms with Gasteiger partial charge in [0.15, 0.2) is 0 Å². The molecule has 1 N–H and O–H groups in total. The minimum Gasteiger partial charge on any atom is -0.492 e. The second-order valence-electron chi connectivity index (χ2n) is 7.90. The van der Waals surface area contributed by atoms with Crippen LogP contribution >= 0.6 is 11.6 Å². The van der Waals surface area contributed by atoms with Crippen LogP contribution in [-0.2, 0) is 16.6 Å². The quantitative estimate of drug-likeness (QED) is 0.195. The van der Waals surface area contributed by atoms with Crippen molar-refractivity contribution >= 4 is 50.2 Å². The van der Waals surface area contributed by atoms with E-state index in [1.807, 2.05) is 6.92 Å². The van der Waals surface area contributed by atoms with Gasteiger partial charge in [-0.25, -0.2) is 14.4 Å². The lowest BCUT2D eigenvalue weighted by Gasteiger charge is -2.13. The van der Waals surface area contributed by atoms with E-state index in [9.17, 15) is 12.8 Å². The fourth-order valence-corrected chi connectivity index (χ4v) is 3.95. The number of ether oxygens (including phenoxy) is 2. The molecule has 0 aliphatic carbocycles. The molecule has 0 radical (unpaired) electrons. The molecule has 0 bridgehead atoms. The lowest BCUT2D eigenvalue weighted by Crippen LogP contribution is -2.00. The second-order valence-corrected chi connectivity index (χ2v) is 9.88. The van der Waals surface area contributed by atoms with Crippen LogP contribution in [0.4, 0.5) is 15.9 Å². The van der Waals surface area contributed by atoms with Crippen molar-refractivity contribution in [2.24, 2.45) is 4.40 Å². The molecule has 39 heavy (non-hydrogen) atoms. The Hall–Kier alpha value is -4.46. The summed E-state index contributed by atoms with van der Waals surface area (Å²) in [6.45, 7) is 5.59. The Bertz CT molecular complexity index is 1730. The molecule has 0 atom stereocenters. The Morgan fingerprint density at radius 3 is 2.72 bits per heavy atom. The summed E-state index contributed by atoms with van der Waals surface area (Å²) in [7, 11) is -3.76. The third kappa shape index (κ3) is 7.31. The molecule has 0 fully saturated rings. The van der Waals surface area contributed by atoms with Crippen LogP contribution in [0.2, 0.25) is 5.02 Å². The molecule has 11 heteroatoms. The first-order valence-electron chi connectivity index (χ1n) is 11.6. The molecule has 4 rings (SSSR count). The summed E-state index contributed by atoms with van der Waals surface area (Å²) in [5.41, 5.74) is 2.41. The summed E-state index contributed by atoms with van der Waals surface area (Å²) in [5, 5.41) is 4.95. The third-order valence-corrected chi connectivity index (χ3v) is 6.31. The van der Waals surface area contributed by atoms with E-state index < -0.39 is 10.0 Å². The van der Waals surface area contributed by atoms with Crippen LogP contribution in [0, 0.1) is 17.7 Å². The van der Waals surface area contributed by atoms with Gasteiger partial charge >= 0.3 is 0 Å². The fourth-order valence-electron chi connectivity index (χ4n) is 3.43. The SMILES string of the molecule is C=CS(=O)(=O)/N=C/C#Cc1cc2c(Nc3ccc(OCc4cccc(F)c4)c(Cl)c3)ncnc2cc1OCC. The van der Waals surface area contributed by atoms with Crippen LogP contribution in [-0.4, -0.2) is 31.2 Å². The summed E-state index contributed by atoms with van der Waals surface area (Å²) in [5.74, 6) is 6.53. The monoisotopic (exact) mass is 564 g/mol. The van der Waals surface area contributed by atoms with Gasteiger partial charge in [0.2, 0.25) is 0 Å². The lowest BCUT2D eigenvalue weighted by molar-refractivity contribution is 0.306. The summed E-state index contributed by atoms with van der Waals surface area (Å²) < 4.78 is 51.2. The third-order valence-electron chi connectivity index (χ3n) is 5.20. The maximum atomic E-state index is 13.4. The first-order chi connectivity index (χ1) is 18.8. The second kappa shape index (κ2) is 12.4. The van der Waals surface area contributed by atoms with Crippen molar-refractivity contribution in [2.75, 3.05) is 11.9 Å². The number of sulfonamides is 1. The fraction of sp³-hybridized carbons (Fsp3) is 0.107. The highest BCUT2D eigenvalue weighted by atomic mass is 35.5. The standard InChI is InChI=1S/C28H22ClFN4O4S/c1-3-37-27-16-25-23(14-20(27)8-6-12-33-39(35,36)4-2)28(32-18-31-25)34-22-10-11-26(24(29)15-22)38-17-19-7-5-9-21(30)13-19/h4-5,7,9-16,18H,2-3,17H2,1H3,(H,31,32,34)/b33-12+. The number of aromatic nitrogens is 2. The summed E-state index contributed by atoms with van der Waals surface area (Å²) in [4.78, 5) is 8.69. The van der Waals surface area contributed by atoms with Gasteiger partial charge in [0.25, 0.3) is 10.0 Å². The molecule has 0 saturated carbocycles. The van der Waals surface area contributed by atoms with Crippen LogP contribution < -0.4 is 14.8 Å². The van der Waals surface area contributed by atoms with E-state index in [0.717, 1.165) is 11.6 Å². The topological polar surface area (TPSA) is 103 Å². The van der Waals surface area contributed by atoms with Crippen molar-refractivity contribution in [3.8, 4) is 23.3 Å². The molecule has 3 aromatic carbocycles. The lowest BCUT2D eigenvalue weighted by atomic mass is 10.1. The van der Waals surface area contributed by atoms with Gasteiger partial charge in [-0.15, -0.1) is 0 Å². The van der Waals surface area contributed by atoms with Gasteiger partial charge in [-0.3, -0.25) is 0 Å². The molecule has 0 unspecified atom stereocenters. The zero-order valence-electron chi connectivity index (χ0n) is 20.7. The summed E-state index contributed by atoms with van der Waals surface area (Å²) in [6, 6.07) is 14.8. The van der Waals surface area contributed by atoms with Gasteiger partial charge in [0, 0.05) is 22.5 Å². The predicted octanol–water partition coefficient (Wildman–Crippen LogP) is 6.04. The van der Waals surface area contributed by atoms with Crippen molar-refractivity contribution in [1.29, 1.82) is 0 Å². The van der Waals surface area contributed by atoms with Crippen molar-refractivity contribution in [3.63, 3.8) is 0 Å².